The number of piperazine rings is 1. The second-order valence-electron chi connectivity index (χ2n) is 5.93. The van der Waals surface area contributed by atoms with Crippen molar-refractivity contribution < 1.29 is 13.2 Å². The molecule has 1 saturated heterocycles. The van der Waals surface area contributed by atoms with Crippen molar-refractivity contribution in [2.24, 2.45) is 0 Å². The van der Waals surface area contributed by atoms with Crippen molar-refractivity contribution in [2.45, 2.75) is 31.7 Å². The maximum atomic E-state index is 12.3. The Labute approximate surface area is 140 Å². The third-order valence-electron chi connectivity index (χ3n) is 3.53. The molecule has 0 aromatic heterocycles. The molecule has 0 spiro atoms. The van der Waals surface area contributed by atoms with Crippen molar-refractivity contribution in [2.75, 3.05) is 18.8 Å². The lowest BCUT2D eigenvalue weighted by Crippen LogP contribution is -2.56. The van der Waals surface area contributed by atoms with E-state index in [1.165, 1.54) is 0 Å². The van der Waals surface area contributed by atoms with Crippen LogP contribution in [0.25, 0.3) is 0 Å². The second-order valence-corrected chi connectivity index (χ2v) is 8.91. The zero-order valence-electron chi connectivity index (χ0n) is 12.8. The Bertz CT molecular complexity index is 638. The molecule has 7 heteroatoms. The van der Waals surface area contributed by atoms with E-state index in [9.17, 15) is 13.2 Å². The summed E-state index contributed by atoms with van der Waals surface area (Å²) < 4.78 is 25.3. The lowest BCUT2D eigenvalue weighted by molar-refractivity contribution is -0.130. The number of nitrogens with one attached hydrogen (secondary N) is 1. The monoisotopic (exact) mass is 388 g/mol. The number of halogens is 1. The minimum absolute atomic E-state index is 0.116. The first kappa shape index (κ1) is 17.4. The molecule has 1 aliphatic rings. The van der Waals surface area contributed by atoms with Gasteiger partial charge in [-0.15, -0.1) is 0 Å². The molecule has 1 heterocycles. The van der Waals surface area contributed by atoms with Crippen LogP contribution in [0.2, 0.25) is 0 Å². The van der Waals surface area contributed by atoms with Gasteiger partial charge in [-0.2, -0.15) is 0 Å². The average molecular weight is 389 g/mol. The summed E-state index contributed by atoms with van der Waals surface area (Å²) in [4.78, 5) is 13.9. The molecule has 0 saturated carbocycles. The van der Waals surface area contributed by atoms with Crippen molar-refractivity contribution in [1.29, 1.82) is 0 Å². The number of sulfone groups is 1. The van der Waals surface area contributed by atoms with E-state index in [1.54, 1.807) is 23.1 Å². The fourth-order valence-electron chi connectivity index (χ4n) is 2.74. The Morgan fingerprint density at radius 1 is 1.32 bits per heavy atom. The number of carbonyl (C=O) groups is 1. The van der Waals surface area contributed by atoms with Gasteiger partial charge in [0.05, 0.1) is 5.75 Å². The third kappa shape index (κ3) is 5.07. The van der Waals surface area contributed by atoms with Crippen LogP contribution in [0.3, 0.4) is 0 Å². The molecule has 0 bridgehead atoms. The highest BCUT2D eigenvalue weighted by molar-refractivity contribution is 9.10. The first-order valence-electron chi connectivity index (χ1n) is 7.24. The zero-order chi connectivity index (χ0) is 16.3. The van der Waals surface area contributed by atoms with Gasteiger partial charge in [-0.25, -0.2) is 8.42 Å². The molecular formula is C15H21BrN2O3S. The van der Waals surface area contributed by atoms with Gasteiger partial charge in [0, 0.05) is 29.6 Å². The molecule has 1 amide bonds. The highest BCUT2D eigenvalue weighted by atomic mass is 79.9. The van der Waals surface area contributed by atoms with Crippen LogP contribution in [0.15, 0.2) is 28.7 Å². The van der Waals surface area contributed by atoms with Gasteiger partial charge in [0.15, 0.2) is 9.84 Å². The number of amides is 1. The van der Waals surface area contributed by atoms with Gasteiger partial charge in [0.2, 0.25) is 5.91 Å². The minimum Gasteiger partial charge on any atom is -0.339 e. The molecular weight excluding hydrogens is 368 g/mol. The Kier molecular flexibility index (Phi) is 5.63. The van der Waals surface area contributed by atoms with E-state index in [1.807, 2.05) is 19.9 Å². The van der Waals surface area contributed by atoms with Crippen molar-refractivity contribution in [3.63, 3.8) is 0 Å². The van der Waals surface area contributed by atoms with Crippen molar-refractivity contribution in [3.05, 3.63) is 34.3 Å². The second kappa shape index (κ2) is 7.10. The predicted molar refractivity (Wildman–Crippen MR) is 90.3 cm³/mol. The van der Waals surface area contributed by atoms with Gasteiger partial charge in [-0.3, -0.25) is 4.79 Å². The quantitative estimate of drug-likeness (QED) is 0.849. The fourth-order valence-corrected chi connectivity index (χ4v) is 4.54. The number of hydrogen-bond acceptors (Lipinski definition) is 4. The van der Waals surface area contributed by atoms with Crippen LogP contribution in [0, 0.1) is 0 Å². The third-order valence-corrected chi connectivity index (χ3v) is 5.48. The summed E-state index contributed by atoms with van der Waals surface area (Å²) in [6.45, 7) is 5.09. The number of benzene rings is 1. The Hall–Kier alpha value is -0.920. The molecule has 2 rings (SSSR count). The van der Waals surface area contributed by atoms with Crippen LogP contribution < -0.4 is 5.32 Å². The van der Waals surface area contributed by atoms with E-state index in [0.29, 0.717) is 18.7 Å². The molecule has 5 nitrogen and oxygen atoms in total. The summed E-state index contributed by atoms with van der Waals surface area (Å²) >= 11 is 3.32. The van der Waals surface area contributed by atoms with E-state index in [2.05, 4.69) is 21.2 Å². The number of carbonyl (C=O) groups excluding carboxylic acids is 1. The standard InChI is InChI=1S/C15H21BrN2O3S/c1-11-7-18(8-12(2)17-11)15(19)10-22(20,21)9-13-4-3-5-14(16)6-13/h3-6,11-12,17H,7-10H2,1-2H3/t11-,12-/m0/s1. The average Bonchev–Trinajstić information content (AvgIpc) is 2.36. The van der Waals surface area contributed by atoms with E-state index in [4.69, 9.17) is 0 Å². The van der Waals surface area contributed by atoms with E-state index in [-0.39, 0.29) is 23.7 Å². The largest absolute Gasteiger partial charge is 0.339 e. The van der Waals surface area contributed by atoms with Gasteiger partial charge in [0.1, 0.15) is 5.75 Å². The molecule has 1 aromatic rings. The SMILES string of the molecule is C[C@H]1CN(C(=O)CS(=O)(=O)Cc2cccc(Br)c2)C[C@H](C)N1. The normalized spacial score (nSPS) is 22.6. The van der Waals surface area contributed by atoms with Crippen LogP contribution in [0.5, 0.6) is 0 Å². The lowest BCUT2D eigenvalue weighted by Gasteiger charge is -2.36. The first-order chi connectivity index (χ1) is 10.2. The molecule has 1 N–H and O–H groups in total. The summed E-state index contributed by atoms with van der Waals surface area (Å²) in [5, 5.41) is 3.32. The molecule has 1 aromatic carbocycles. The molecule has 1 fully saturated rings. The number of nitrogens with zero attached hydrogens (tertiary/aromatic N) is 1. The maximum Gasteiger partial charge on any atom is 0.237 e. The van der Waals surface area contributed by atoms with Gasteiger partial charge < -0.3 is 10.2 Å². The minimum atomic E-state index is -3.47. The molecule has 0 aliphatic carbocycles. The van der Waals surface area contributed by atoms with Gasteiger partial charge >= 0.3 is 0 Å². The van der Waals surface area contributed by atoms with Gasteiger partial charge in [-0.1, -0.05) is 28.1 Å². The van der Waals surface area contributed by atoms with E-state index >= 15 is 0 Å². The molecule has 0 radical (unpaired) electrons. The smallest absolute Gasteiger partial charge is 0.237 e. The summed E-state index contributed by atoms with van der Waals surface area (Å²) in [6, 6.07) is 7.50. The van der Waals surface area contributed by atoms with Crippen LogP contribution in [-0.4, -0.2) is 50.2 Å². The zero-order valence-corrected chi connectivity index (χ0v) is 15.2. The molecule has 22 heavy (non-hydrogen) atoms. The predicted octanol–water partition coefficient (Wildman–Crippen LogP) is 1.57. The summed E-state index contributed by atoms with van der Waals surface area (Å²) in [7, 11) is -3.47. The Morgan fingerprint density at radius 2 is 1.95 bits per heavy atom. The molecule has 2 atom stereocenters. The Morgan fingerprint density at radius 3 is 2.55 bits per heavy atom. The van der Waals surface area contributed by atoms with Crippen LogP contribution in [0.1, 0.15) is 19.4 Å². The van der Waals surface area contributed by atoms with Crippen molar-refractivity contribution in [3.8, 4) is 0 Å². The highest BCUT2D eigenvalue weighted by Gasteiger charge is 2.28. The molecule has 0 unspecified atom stereocenters. The van der Waals surface area contributed by atoms with Crippen LogP contribution in [0.4, 0.5) is 0 Å². The van der Waals surface area contributed by atoms with Crippen LogP contribution in [-0.2, 0) is 20.4 Å². The van der Waals surface area contributed by atoms with Crippen molar-refractivity contribution >= 4 is 31.7 Å². The highest BCUT2D eigenvalue weighted by Crippen LogP contribution is 2.15. The summed E-state index contributed by atoms with van der Waals surface area (Å²) in [5.74, 6) is -0.857. The fraction of sp³-hybridized carbons (Fsp3) is 0.533. The summed E-state index contributed by atoms with van der Waals surface area (Å²) in [5.41, 5.74) is 0.684. The van der Waals surface area contributed by atoms with Crippen molar-refractivity contribution in [1.82, 2.24) is 10.2 Å². The van der Waals surface area contributed by atoms with Gasteiger partial charge in [-0.05, 0) is 31.5 Å². The lowest BCUT2D eigenvalue weighted by atomic mass is 10.1. The van der Waals surface area contributed by atoms with Crippen LogP contribution >= 0.6 is 15.9 Å². The topological polar surface area (TPSA) is 66.5 Å². The van der Waals surface area contributed by atoms with E-state index in [0.717, 1.165) is 4.47 Å². The Balaban J connectivity index is 2.00. The molecule has 1 aliphatic heterocycles. The maximum absolute atomic E-state index is 12.3. The van der Waals surface area contributed by atoms with E-state index < -0.39 is 15.6 Å². The first-order valence-corrected chi connectivity index (χ1v) is 9.85. The molecule has 122 valence electrons. The summed E-state index contributed by atoms with van der Waals surface area (Å²) in [6.07, 6.45) is 0. The van der Waals surface area contributed by atoms with Gasteiger partial charge in [0.25, 0.3) is 0 Å². The number of rotatable bonds is 4. The number of hydrogen-bond donors (Lipinski definition) is 1.